The van der Waals surface area contributed by atoms with Gasteiger partial charge in [0.05, 0.1) is 17.2 Å². The number of halogens is 4. The van der Waals surface area contributed by atoms with Gasteiger partial charge in [0, 0.05) is 0 Å². The molecule has 2 heterocycles. The lowest BCUT2D eigenvalue weighted by atomic mass is 10.1. The van der Waals surface area contributed by atoms with E-state index in [-0.39, 0.29) is 17.5 Å². The molecule has 0 radical (unpaired) electrons. The Bertz CT molecular complexity index is 647. The number of nitrogens with zero attached hydrogens (tertiary/aromatic N) is 2. The molecule has 1 aliphatic heterocycles. The molecule has 1 unspecified atom stereocenters. The van der Waals surface area contributed by atoms with Crippen LogP contribution in [-0.2, 0) is 6.18 Å². The summed E-state index contributed by atoms with van der Waals surface area (Å²) in [5.41, 5.74) is -1.69. The van der Waals surface area contributed by atoms with Gasteiger partial charge in [-0.1, -0.05) is 11.2 Å². The lowest BCUT2D eigenvalue weighted by Crippen LogP contribution is -2.14. The Kier molecular flexibility index (Phi) is 3.40. The number of hydrogen-bond acceptors (Lipinski definition) is 4. The molecule has 0 saturated carbocycles. The molecular formula is C13H11F4N3O. The fourth-order valence-corrected chi connectivity index (χ4v) is 2.31. The van der Waals surface area contributed by atoms with E-state index in [1.807, 2.05) is 0 Å². The van der Waals surface area contributed by atoms with E-state index in [0.717, 1.165) is 25.5 Å². The van der Waals surface area contributed by atoms with Crippen molar-refractivity contribution in [2.75, 3.05) is 6.54 Å². The van der Waals surface area contributed by atoms with Gasteiger partial charge in [-0.2, -0.15) is 18.2 Å². The van der Waals surface area contributed by atoms with Crippen LogP contribution < -0.4 is 5.32 Å². The van der Waals surface area contributed by atoms with Crippen molar-refractivity contribution < 1.29 is 22.1 Å². The maximum atomic E-state index is 14.0. The van der Waals surface area contributed by atoms with Crippen molar-refractivity contribution in [3.05, 3.63) is 35.4 Å². The third-order valence-corrected chi connectivity index (χ3v) is 3.35. The van der Waals surface area contributed by atoms with Crippen molar-refractivity contribution in [3.8, 4) is 11.5 Å². The van der Waals surface area contributed by atoms with E-state index < -0.39 is 17.6 Å². The van der Waals surface area contributed by atoms with Crippen molar-refractivity contribution in [1.29, 1.82) is 0 Å². The van der Waals surface area contributed by atoms with Gasteiger partial charge in [-0.05, 0) is 31.5 Å². The molecule has 1 N–H and O–H groups in total. The summed E-state index contributed by atoms with van der Waals surface area (Å²) in [4.78, 5) is 4.00. The number of aromatic nitrogens is 2. The molecule has 112 valence electrons. The molecule has 1 fully saturated rings. The lowest BCUT2D eigenvalue weighted by Gasteiger charge is -2.09. The van der Waals surface area contributed by atoms with E-state index in [9.17, 15) is 17.6 Å². The molecule has 2 aromatic rings. The SMILES string of the molecule is Fc1c(-c2nc(C3CCCN3)no2)cccc1C(F)(F)F. The maximum Gasteiger partial charge on any atom is 0.419 e. The van der Waals surface area contributed by atoms with E-state index in [0.29, 0.717) is 11.9 Å². The molecule has 1 aromatic carbocycles. The molecule has 1 saturated heterocycles. The fraction of sp³-hybridized carbons (Fsp3) is 0.385. The Morgan fingerprint density at radius 1 is 1.29 bits per heavy atom. The summed E-state index contributed by atoms with van der Waals surface area (Å²) in [5, 5.41) is 6.84. The Labute approximate surface area is 117 Å². The first-order valence-corrected chi connectivity index (χ1v) is 6.40. The number of benzene rings is 1. The summed E-state index contributed by atoms with van der Waals surface area (Å²) in [5.74, 6) is -1.32. The molecule has 3 rings (SSSR count). The maximum absolute atomic E-state index is 14.0. The second-order valence-corrected chi connectivity index (χ2v) is 4.77. The summed E-state index contributed by atoms with van der Waals surface area (Å²) in [7, 11) is 0. The van der Waals surface area contributed by atoms with Crippen LogP contribution in [0.3, 0.4) is 0 Å². The zero-order chi connectivity index (χ0) is 15.0. The lowest BCUT2D eigenvalue weighted by molar-refractivity contribution is -0.139. The molecule has 0 spiro atoms. The highest BCUT2D eigenvalue weighted by Gasteiger charge is 2.35. The zero-order valence-corrected chi connectivity index (χ0v) is 10.7. The minimum absolute atomic E-state index is 0.101. The Hall–Kier alpha value is -1.96. The van der Waals surface area contributed by atoms with Gasteiger partial charge in [-0.15, -0.1) is 0 Å². The van der Waals surface area contributed by atoms with Crippen LogP contribution in [-0.4, -0.2) is 16.7 Å². The third kappa shape index (κ3) is 2.63. The molecule has 0 bridgehead atoms. The molecule has 1 aliphatic rings. The van der Waals surface area contributed by atoms with Crippen LogP contribution in [0, 0.1) is 5.82 Å². The molecule has 4 nitrogen and oxygen atoms in total. The van der Waals surface area contributed by atoms with Crippen molar-refractivity contribution in [1.82, 2.24) is 15.5 Å². The summed E-state index contributed by atoms with van der Waals surface area (Å²) in [6.45, 7) is 0.812. The van der Waals surface area contributed by atoms with Gasteiger partial charge in [0.15, 0.2) is 5.82 Å². The number of alkyl halides is 3. The van der Waals surface area contributed by atoms with Gasteiger partial charge in [0.25, 0.3) is 5.89 Å². The first kappa shape index (κ1) is 14.0. The Morgan fingerprint density at radius 2 is 2.10 bits per heavy atom. The number of rotatable bonds is 2. The van der Waals surface area contributed by atoms with Crippen LogP contribution in [0.4, 0.5) is 17.6 Å². The van der Waals surface area contributed by atoms with Gasteiger partial charge in [-0.25, -0.2) is 4.39 Å². The van der Waals surface area contributed by atoms with Crippen LogP contribution in [0.1, 0.15) is 30.3 Å². The van der Waals surface area contributed by atoms with Crippen LogP contribution in [0.15, 0.2) is 22.7 Å². The van der Waals surface area contributed by atoms with Gasteiger partial charge < -0.3 is 9.84 Å². The molecule has 1 aromatic heterocycles. The molecule has 21 heavy (non-hydrogen) atoms. The van der Waals surface area contributed by atoms with Crippen LogP contribution in [0.2, 0.25) is 0 Å². The summed E-state index contributed by atoms with van der Waals surface area (Å²) in [6.07, 6.45) is -3.01. The molecule has 0 aliphatic carbocycles. The minimum Gasteiger partial charge on any atom is -0.334 e. The topological polar surface area (TPSA) is 51.0 Å². The minimum atomic E-state index is -4.77. The highest BCUT2D eigenvalue weighted by molar-refractivity contribution is 5.56. The predicted octanol–water partition coefficient (Wildman–Crippen LogP) is 3.32. The largest absolute Gasteiger partial charge is 0.419 e. The van der Waals surface area contributed by atoms with E-state index in [2.05, 4.69) is 15.5 Å². The van der Waals surface area contributed by atoms with Gasteiger partial charge in [-0.3, -0.25) is 0 Å². The van der Waals surface area contributed by atoms with E-state index >= 15 is 0 Å². The van der Waals surface area contributed by atoms with Gasteiger partial charge in [0.1, 0.15) is 5.82 Å². The summed E-state index contributed by atoms with van der Waals surface area (Å²) in [6, 6.07) is 2.87. The van der Waals surface area contributed by atoms with Crippen molar-refractivity contribution in [2.24, 2.45) is 0 Å². The van der Waals surface area contributed by atoms with Crippen LogP contribution in [0.5, 0.6) is 0 Å². The zero-order valence-electron chi connectivity index (χ0n) is 10.7. The molecule has 1 atom stereocenters. The highest BCUT2D eigenvalue weighted by Crippen LogP contribution is 2.35. The summed E-state index contributed by atoms with van der Waals surface area (Å²) >= 11 is 0. The average molecular weight is 301 g/mol. The molecule has 8 heteroatoms. The quantitative estimate of drug-likeness (QED) is 0.865. The van der Waals surface area contributed by atoms with Crippen molar-refractivity contribution >= 4 is 0 Å². The Morgan fingerprint density at radius 3 is 2.76 bits per heavy atom. The van der Waals surface area contributed by atoms with Crippen LogP contribution >= 0.6 is 0 Å². The second kappa shape index (κ2) is 5.10. The normalized spacial score (nSPS) is 19.1. The molecular weight excluding hydrogens is 290 g/mol. The first-order chi connectivity index (χ1) is 9.97. The number of hydrogen-bond donors (Lipinski definition) is 1. The predicted molar refractivity (Wildman–Crippen MR) is 64.7 cm³/mol. The monoisotopic (exact) mass is 301 g/mol. The standard InChI is InChI=1S/C13H11F4N3O/c14-10-7(3-1-4-8(10)13(15,16)17)12-19-11(20-21-12)9-5-2-6-18-9/h1,3-4,9,18H,2,5-6H2. The molecule has 0 amide bonds. The van der Waals surface area contributed by atoms with Gasteiger partial charge in [0.2, 0.25) is 0 Å². The first-order valence-electron chi connectivity index (χ1n) is 6.40. The number of nitrogens with one attached hydrogen (secondary N) is 1. The highest BCUT2D eigenvalue weighted by atomic mass is 19.4. The fourth-order valence-electron chi connectivity index (χ4n) is 2.31. The van der Waals surface area contributed by atoms with E-state index in [1.165, 1.54) is 6.07 Å². The van der Waals surface area contributed by atoms with E-state index in [4.69, 9.17) is 4.52 Å². The second-order valence-electron chi connectivity index (χ2n) is 4.77. The third-order valence-electron chi connectivity index (χ3n) is 3.35. The average Bonchev–Trinajstić information content (AvgIpc) is 3.08. The summed E-state index contributed by atoms with van der Waals surface area (Å²) < 4.78 is 56.9. The van der Waals surface area contributed by atoms with Crippen LogP contribution in [0.25, 0.3) is 11.5 Å². The van der Waals surface area contributed by atoms with Crippen molar-refractivity contribution in [2.45, 2.75) is 25.1 Å². The van der Waals surface area contributed by atoms with Gasteiger partial charge >= 0.3 is 6.18 Å². The smallest absolute Gasteiger partial charge is 0.334 e. The Balaban J connectivity index is 1.97. The van der Waals surface area contributed by atoms with E-state index in [1.54, 1.807) is 0 Å². The van der Waals surface area contributed by atoms with Crippen molar-refractivity contribution in [3.63, 3.8) is 0 Å².